The number of carbonyl (C=O) groups is 1. The van der Waals surface area contributed by atoms with E-state index in [0.717, 1.165) is 48.1 Å². The molecule has 2 N–H and O–H groups in total. The van der Waals surface area contributed by atoms with Crippen LogP contribution in [0.5, 0.6) is 5.75 Å². The first-order valence-electron chi connectivity index (χ1n) is 11.7. The van der Waals surface area contributed by atoms with Gasteiger partial charge < -0.3 is 15.4 Å². The molecule has 0 bridgehead atoms. The molecule has 1 fully saturated rings. The van der Waals surface area contributed by atoms with E-state index in [9.17, 15) is 4.79 Å². The summed E-state index contributed by atoms with van der Waals surface area (Å²) < 4.78 is 7.98. The first-order chi connectivity index (χ1) is 16.5. The Hall–Kier alpha value is -3.78. The molecular weight excluding hydrogens is 428 g/mol. The van der Waals surface area contributed by atoms with E-state index in [1.807, 2.05) is 41.3 Å². The van der Waals surface area contributed by atoms with E-state index in [2.05, 4.69) is 34.6 Å². The molecule has 1 aromatic carbocycles. The maximum atomic E-state index is 12.9. The number of hydrogen-bond acceptors (Lipinski definition) is 6. The van der Waals surface area contributed by atoms with E-state index < -0.39 is 0 Å². The lowest BCUT2D eigenvalue weighted by Gasteiger charge is -2.24. The van der Waals surface area contributed by atoms with Gasteiger partial charge in [0.1, 0.15) is 17.7 Å². The number of fused-ring (bicyclic) bond motifs is 1. The Labute approximate surface area is 198 Å². The number of nitrogens with zero attached hydrogens (tertiary/aromatic N) is 4. The standard InChI is InChI=1S/C26H28N6O2/c1-17(2)32-16-20(15-29-32)23-7-6-19-14-28-25(13-24(19)30-23)31-26(33)18-4-3-5-22(12-18)34-21-8-10-27-11-9-21/h3-7,12-17,21,27H,8-11H2,1-2H3,(H,28,31,33). The van der Waals surface area contributed by atoms with Crippen molar-refractivity contribution in [1.82, 2.24) is 25.1 Å². The summed E-state index contributed by atoms with van der Waals surface area (Å²) in [5, 5.41) is 11.5. The predicted molar refractivity (Wildman–Crippen MR) is 132 cm³/mol. The molecule has 1 aliphatic heterocycles. The van der Waals surface area contributed by atoms with E-state index in [4.69, 9.17) is 9.72 Å². The Kier molecular flexibility index (Phi) is 6.22. The van der Waals surface area contributed by atoms with Crippen LogP contribution >= 0.6 is 0 Å². The molecule has 0 radical (unpaired) electrons. The Morgan fingerprint density at radius 3 is 2.79 bits per heavy atom. The average Bonchev–Trinajstić information content (AvgIpc) is 3.35. The van der Waals surface area contributed by atoms with Crippen LogP contribution in [0.25, 0.3) is 22.2 Å². The number of nitrogens with one attached hydrogen (secondary N) is 2. The Morgan fingerprint density at radius 2 is 2.00 bits per heavy atom. The molecule has 8 heteroatoms. The molecule has 0 spiro atoms. The van der Waals surface area contributed by atoms with Crippen molar-refractivity contribution in [2.24, 2.45) is 0 Å². The van der Waals surface area contributed by atoms with E-state index >= 15 is 0 Å². The van der Waals surface area contributed by atoms with Gasteiger partial charge in [0.2, 0.25) is 0 Å². The van der Waals surface area contributed by atoms with E-state index in [1.54, 1.807) is 24.4 Å². The summed E-state index contributed by atoms with van der Waals surface area (Å²) in [5.74, 6) is 0.918. The largest absolute Gasteiger partial charge is 0.490 e. The summed E-state index contributed by atoms with van der Waals surface area (Å²) >= 11 is 0. The normalized spacial score (nSPS) is 14.4. The van der Waals surface area contributed by atoms with Gasteiger partial charge in [0.15, 0.2) is 0 Å². The zero-order valence-corrected chi connectivity index (χ0v) is 19.4. The highest BCUT2D eigenvalue weighted by Gasteiger charge is 2.16. The lowest BCUT2D eigenvalue weighted by atomic mass is 10.1. The van der Waals surface area contributed by atoms with Gasteiger partial charge in [0, 0.05) is 41.0 Å². The van der Waals surface area contributed by atoms with E-state index in [1.165, 1.54) is 0 Å². The summed E-state index contributed by atoms with van der Waals surface area (Å²) in [6.07, 6.45) is 7.62. The molecule has 174 valence electrons. The number of piperidine rings is 1. The smallest absolute Gasteiger partial charge is 0.256 e. The number of pyridine rings is 2. The second-order valence-electron chi connectivity index (χ2n) is 8.81. The fourth-order valence-electron chi connectivity index (χ4n) is 4.00. The molecule has 0 unspecified atom stereocenters. The quantitative estimate of drug-likeness (QED) is 0.445. The maximum Gasteiger partial charge on any atom is 0.256 e. The highest BCUT2D eigenvalue weighted by atomic mass is 16.5. The average molecular weight is 457 g/mol. The number of amides is 1. The molecule has 3 aromatic heterocycles. The third-order valence-corrected chi connectivity index (χ3v) is 5.93. The molecule has 0 atom stereocenters. The summed E-state index contributed by atoms with van der Waals surface area (Å²) in [4.78, 5) is 22.1. The van der Waals surface area contributed by atoms with Crippen LogP contribution in [0.2, 0.25) is 0 Å². The molecule has 4 heterocycles. The summed E-state index contributed by atoms with van der Waals surface area (Å²) in [6, 6.07) is 13.3. The van der Waals surface area contributed by atoms with Gasteiger partial charge in [-0.1, -0.05) is 6.07 Å². The number of rotatable bonds is 6. The minimum atomic E-state index is -0.239. The van der Waals surface area contributed by atoms with Crippen LogP contribution in [-0.4, -0.2) is 44.8 Å². The van der Waals surface area contributed by atoms with E-state index in [-0.39, 0.29) is 18.1 Å². The molecule has 1 amide bonds. The van der Waals surface area contributed by atoms with Gasteiger partial charge in [0.25, 0.3) is 5.91 Å². The van der Waals surface area contributed by atoms with Gasteiger partial charge in [0.05, 0.1) is 17.4 Å². The number of benzene rings is 1. The van der Waals surface area contributed by atoms with Crippen LogP contribution in [0.1, 0.15) is 43.1 Å². The monoisotopic (exact) mass is 456 g/mol. The zero-order valence-electron chi connectivity index (χ0n) is 19.4. The Balaban J connectivity index is 1.33. The molecular formula is C26H28N6O2. The van der Waals surface area contributed by atoms with Crippen molar-refractivity contribution in [2.75, 3.05) is 18.4 Å². The molecule has 34 heavy (non-hydrogen) atoms. The van der Waals surface area contributed by atoms with E-state index in [0.29, 0.717) is 17.1 Å². The van der Waals surface area contributed by atoms with Crippen molar-refractivity contribution in [2.45, 2.75) is 38.8 Å². The zero-order chi connectivity index (χ0) is 23.5. The Morgan fingerprint density at radius 1 is 1.15 bits per heavy atom. The second-order valence-corrected chi connectivity index (χ2v) is 8.81. The molecule has 1 aliphatic rings. The molecule has 8 nitrogen and oxygen atoms in total. The van der Waals surface area contributed by atoms with Crippen molar-refractivity contribution in [3.63, 3.8) is 0 Å². The fraction of sp³-hybridized carbons (Fsp3) is 0.308. The number of hydrogen-bond donors (Lipinski definition) is 2. The molecule has 4 aromatic rings. The highest BCUT2D eigenvalue weighted by molar-refractivity contribution is 6.04. The topological polar surface area (TPSA) is 94.0 Å². The van der Waals surface area contributed by atoms with Crippen molar-refractivity contribution >= 4 is 22.6 Å². The van der Waals surface area contributed by atoms with Gasteiger partial charge in [-0.25, -0.2) is 9.97 Å². The maximum absolute atomic E-state index is 12.9. The SMILES string of the molecule is CC(C)n1cc(-c2ccc3cnc(NC(=O)c4cccc(OC5CCNCC5)c4)cc3n2)cn1. The van der Waals surface area contributed by atoms with Gasteiger partial charge >= 0.3 is 0 Å². The third kappa shape index (κ3) is 4.92. The summed E-state index contributed by atoms with van der Waals surface area (Å²) in [6.45, 7) is 6.07. The van der Waals surface area contributed by atoms with Crippen LogP contribution in [0, 0.1) is 0 Å². The van der Waals surface area contributed by atoms with Crippen molar-refractivity contribution in [3.05, 3.63) is 66.6 Å². The van der Waals surface area contributed by atoms with Crippen molar-refractivity contribution < 1.29 is 9.53 Å². The second kappa shape index (κ2) is 9.61. The molecule has 1 saturated heterocycles. The third-order valence-electron chi connectivity index (χ3n) is 5.93. The molecule has 0 aliphatic carbocycles. The van der Waals surface area contributed by atoms with Crippen molar-refractivity contribution in [3.8, 4) is 17.0 Å². The molecule has 0 saturated carbocycles. The van der Waals surface area contributed by atoms with Crippen molar-refractivity contribution in [1.29, 1.82) is 0 Å². The highest BCUT2D eigenvalue weighted by Crippen LogP contribution is 2.23. The fourth-order valence-corrected chi connectivity index (χ4v) is 4.00. The first kappa shape index (κ1) is 22.0. The van der Waals surface area contributed by atoms with Crippen LogP contribution in [0.4, 0.5) is 5.82 Å². The van der Waals surface area contributed by atoms with Gasteiger partial charge in [-0.3, -0.25) is 9.48 Å². The number of carbonyl (C=O) groups excluding carboxylic acids is 1. The van der Waals surface area contributed by atoms with Gasteiger partial charge in [-0.2, -0.15) is 5.10 Å². The number of anilines is 1. The van der Waals surface area contributed by atoms with Crippen LogP contribution in [0.15, 0.2) is 61.1 Å². The Bertz CT molecular complexity index is 1310. The number of ether oxygens (including phenoxy) is 1. The molecule has 5 rings (SSSR count). The van der Waals surface area contributed by atoms with Gasteiger partial charge in [-0.05, 0) is 70.1 Å². The van der Waals surface area contributed by atoms with Crippen LogP contribution < -0.4 is 15.4 Å². The lowest BCUT2D eigenvalue weighted by molar-refractivity contribution is 0.102. The number of aromatic nitrogens is 4. The van der Waals surface area contributed by atoms with Gasteiger partial charge in [-0.15, -0.1) is 0 Å². The minimum Gasteiger partial charge on any atom is -0.490 e. The first-order valence-corrected chi connectivity index (χ1v) is 11.7. The predicted octanol–water partition coefficient (Wildman–Crippen LogP) is 4.46. The van der Waals surface area contributed by atoms with Crippen LogP contribution in [-0.2, 0) is 0 Å². The summed E-state index contributed by atoms with van der Waals surface area (Å²) in [7, 11) is 0. The minimum absolute atomic E-state index is 0.176. The van der Waals surface area contributed by atoms with Crippen LogP contribution in [0.3, 0.4) is 0 Å². The summed E-state index contributed by atoms with van der Waals surface area (Å²) in [5.41, 5.74) is 3.05. The lowest BCUT2D eigenvalue weighted by Crippen LogP contribution is -2.34.